The molecule has 114 valence electrons. The largest absolute Gasteiger partial charge is 0.497 e. The van der Waals surface area contributed by atoms with E-state index in [0.29, 0.717) is 0 Å². The molecule has 0 heterocycles. The Hall–Kier alpha value is -2.36. The highest BCUT2D eigenvalue weighted by Gasteiger charge is 2.25. The molecule has 0 aromatic heterocycles. The molecular weight excluding hydrogens is 302 g/mol. The predicted octanol–water partition coefficient (Wildman–Crippen LogP) is 1.58. The molecule has 0 unspecified atom stereocenters. The van der Waals surface area contributed by atoms with Crippen LogP contribution in [0.2, 0.25) is 0 Å². The number of nitrogens with one attached hydrogen (secondary N) is 1. The smallest absolute Gasteiger partial charge is 0.293 e. The van der Waals surface area contributed by atoms with Crippen molar-refractivity contribution in [2.75, 3.05) is 20.2 Å². The van der Waals surface area contributed by atoms with Gasteiger partial charge in [0.1, 0.15) is 5.75 Å². The minimum absolute atomic E-state index is 0.00450. The maximum atomic E-state index is 12.0. The first kappa shape index (κ1) is 16.7. The van der Waals surface area contributed by atoms with Gasteiger partial charge in [-0.3, -0.25) is 10.1 Å². The van der Waals surface area contributed by atoms with Crippen LogP contribution >= 0.6 is 0 Å². The second-order valence-corrected chi connectivity index (χ2v) is 5.53. The quantitative estimate of drug-likeness (QED) is 0.193. The summed E-state index contributed by atoms with van der Waals surface area (Å²) in [5, 5.41) is 14.2. The zero-order chi connectivity index (χ0) is 15.9. The summed E-state index contributed by atoms with van der Waals surface area (Å²) in [6.07, 6.45) is 0.285. The number of ether oxygens (including phenoxy) is 1. The van der Waals surface area contributed by atoms with E-state index in [0.717, 1.165) is 12.1 Å². The van der Waals surface area contributed by atoms with Crippen LogP contribution in [0, 0.1) is 10.1 Å². The monoisotopic (exact) mass is 315 g/mol. The van der Waals surface area contributed by atoms with Gasteiger partial charge >= 0.3 is 0 Å². The highest BCUT2D eigenvalue weighted by molar-refractivity contribution is 7.89. The molecule has 21 heavy (non-hydrogen) atoms. The van der Waals surface area contributed by atoms with Crippen molar-refractivity contribution in [3.05, 3.63) is 38.8 Å². The van der Waals surface area contributed by atoms with Crippen molar-refractivity contribution in [3.8, 4) is 5.75 Å². The van der Waals surface area contributed by atoms with Crippen LogP contribution in [0.25, 0.3) is 10.4 Å². The normalized spacial score (nSPS) is 10.7. The van der Waals surface area contributed by atoms with E-state index in [1.165, 1.54) is 13.2 Å². The van der Waals surface area contributed by atoms with Crippen molar-refractivity contribution in [2.45, 2.75) is 11.3 Å². The molecule has 0 fully saturated rings. The lowest BCUT2D eigenvalue weighted by Gasteiger charge is -2.07. The molecule has 1 N–H and O–H groups in total. The van der Waals surface area contributed by atoms with Gasteiger partial charge in [-0.05, 0) is 24.1 Å². The molecule has 0 amide bonds. The summed E-state index contributed by atoms with van der Waals surface area (Å²) in [6, 6.07) is 3.46. The number of nitro benzene ring substituents is 1. The van der Waals surface area contributed by atoms with Gasteiger partial charge in [-0.1, -0.05) is 5.11 Å². The van der Waals surface area contributed by atoms with Crippen LogP contribution in [-0.2, 0) is 10.0 Å². The summed E-state index contributed by atoms with van der Waals surface area (Å²) in [4.78, 5) is 12.2. The fourth-order valence-corrected chi connectivity index (χ4v) is 2.70. The van der Waals surface area contributed by atoms with E-state index in [4.69, 9.17) is 10.3 Å². The number of nitro groups is 1. The number of methoxy groups -OCH3 is 1. The molecule has 1 aromatic carbocycles. The SMILES string of the molecule is COc1ccc(S(=O)(=O)NCCCN=[N+]=[N-])c([N+](=O)[O-])c1. The van der Waals surface area contributed by atoms with E-state index in [1.54, 1.807) is 0 Å². The maximum Gasteiger partial charge on any atom is 0.293 e. The van der Waals surface area contributed by atoms with Gasteiger partial charge in [0.05, 0.1) is 18.1 Å². The Labute approximate surface area is 120 Å². The topological polar surface area (TPSA) is 147 Å². The average molecular weight is 315 g/mol. The van der Waals surface area contributed by atoms with E-state index < -0.39 is 25.5 Å². The van der Waals surface area contributed by atoms with Crippen LogP contribution in [0.3, 0.4) is 0 Å². The third kappa shape index (κ3) is 4.60. The molecule has 1 aromatic rings. The molecule has 11 heteroatoms. The van der Waals surface area contributed by atoms with Crippen LogP contribution < -0.4 is 9.46 Å². The van der Waals surface area contributed by atoms with Crippen LogP contribution in [-0.4, -0.2) is 33.5 Å². The molecule has 0 aliphatic carbocycles. The zero-order valence-electron chi connectivity index (χ0n) is 11.1. The molecule has 0 atom stereocenters. The predicted molar refractivity (Wildman–Crippen MR) is 73.5 cm³/mol. The molecule has 0 aliphatic heterocycles. The number of nitrogens with zero attached hydrogens (tertiary/aromatic N) is 4. The average Bonchev–Trinajstić information content (AvgIpc) is 2.46. The number of sulfonamides is 1. The standard InChI is InChI=1S/C10H13N5O5S/c1-20-8-3-4-10(9(7-8)15(16)17)21(18,19)13-6-2-5-12-14-11/h3-4,7,13H,2,5-6H2,1H3. The van der Waals surface area contributed by atoms with Gasteiger partial charge in [0.15, 0.2) is 4.90 Å². The van der Waals surface area contributed by atoms with Gasteiger partial charge in [-0.15, -0.1) is 0 Å². The molecule has 0 bridgehead atoms. The molecule has 0 saturated heterocycles. The summed E-state index contributed by atoms with van der Waals surface area (Å²) < 4.78 is 31.1. The van der Waals surface area contributed by atoms with Crippen LogP contribution in [0.5, 0.6) is 5.75 Å². The van der Waals surface area contributed by atoms with Crippen LogP contribution in [0.4, 0.5) is 5.69 Å². The third-order valence-electron chi connectivity index (χ3n) is 2.44. The Morgan fingerprint density at radius 2 is 2.24 bits per heavy atom. The first-order valence-corrected chi connectivity index (χ1v) is 7.23. The van der Waals surface area contributed by atoms with Gasteiger partial charge in [-0.25, -0.2) is 13.1 Å². The van der Waals surface area contributed by atoms with Gasteiger partial charge in [-0.2, -0.15) is 0 Å². The summed E-state index contributed by atoms with van der Waals surface area (Å²) in [5.74, 6) is 0.184. The fraction of sp³-hybridized carbons (Fsp3) is 0.400. The Bertz CT molecular complexity index is 668. The van der Waals surface area contributed by atoms with Crippen molar-refractivity contribution < 1.29 is 18.1 Å². The first-order chi connectivity index (χ1) is 9.92. The Morgan fingerprint density at radius 3 is 2.81 bits per heavy atom. The highest BCUT2D eigenvalue weighted by Crippen LogP contribution is 2.28. The van der Waals surface area contributed by atoms with Crippen molar-refractivity contribution in [2.24, 2.45) is 5.11 Å². The Balaban J connectivity index is 2.96. The van der Waals surface area contributed by atoms with Crippen molar-refractivity contribution >= 4 is 15.7 Å². The van der Waals surface area contributed by atoms with Gasteiger partial charge in [0.2, 0.25) is 10.0 Å². The second-order valence-electron chi connectivity index (χ2n) is 3.80. The molecule has 10 nitrogen and oxygen atoms in total. The number of rotatable bonds is 8. The third-order valence-corrected chi connectivity index (χ3v) is 3.95. The van der Waals surface area contributed by atoms with Crippen molar-refractivity contribution in [3.63, 3.8) is 0 Å². The van der Waals surface area contributed by atoms with Crippen LogP contribution in [0.1, 0.15) is 6.42 Å². The number of azide groups is 1. The minimum atomic E-state index is -4.03. The zero-order valence-corrected chi connectivity index (χ0v) is 11.9. The Kier molecular flexibility index (Phi) is 5.91. The fourth-order valence-electron chi connectivity index (χ4n) is 1.47. The lowest BCUT2D eigenvalue weighted by atomic mass is 10.3. The van der Waals surface area contributed by atoms with E-state index in [1.807, 2.05) is 0 Å². The summed E-state index contributed by atoms with van der Waals surface area (Å²) in [6.45, 7) is 0.133. The molecule has 0 aliphatic rings. The summed E-state index contributed by atoms with van der Waals surface area (Å²) >= 11 is 0. The number of hydrogen-bond donors (Lipinski definition) is 1. The molecule has 0 saturated carbocycles. The van der Waals surface area contributed by atoms with Gasteiger partial charge < -0.3 is 4.74 Å². The number of hydrogen-bond acceptors (Lipinski definition) is 6. The van der Waals surface area contributed by atoms with Crippen molar-refractivity contribution in [1.29, 1.82) is 0 Å². The highest BCUT2D eigenvalue weighted by atomic mass is 32.2. The summed E-state index contributed by atoms with van der Waals surface area (Å²) in [5.41, 5.74) is 7.51. The van der Waals surface area contributed by atoms with Crippen molar-refractivity contribution in [1.82, 2.24) is 4.72 Å². The molecule has 0 radical (unpaired) electrons. The minimum Gasteiger partial charge on any atom is -0.497 e. The van der Waals surface area contributed by atoms with E-state index in [-0.39, 0.29) is 25.3 Å². The second kappa shape index (κ2) is 7.43. The van der Waals surface area contributed by atoms with Crippen LogP contribution in [0.15, 0.2) is 28.2 Å². The molecule has 0 spiro atoms. The maximum absolute atomic E-state index is 12.0. The first-order valence-electron chi connectivity index (χ1n) is 5.75. The molecule has 1 rings (SSSR count). The molecular formula is C10H13N5O5S. The van der Waals surface area contributed by atoms with E-state index >= 15 is 0 Å². The Morgan fingerprint density at radius 1 is 1.52 bits per heavy atom. The van der Waals surface area contributed by atoms with Gasteiger partial charge in [0.25, 0.3) is 5.69 Å². The van der Waals surface area contributed by atoms with E-state index in [2.05, 4.69) is 14.7 Å². The summed E-state index contributed by atoms with van der Waals surface area (Å²) in [7, 11) is -2.71. The number of benzene rings is 1. The van der Waals surface area contributed by atoms with Gasteiger partial charge in [0, 0.05) is 18.0 Å². The van der Waals surface area contributed by atoms with E-state index in [9.17, 15) is 18.5 Å². The lowest BCUT2D eigenvalue weighted by Crippen LogP contribution is -2.26. The lowest BCUT2D eigenvalue weighted by molar-refractivity contribution is -0.387.